The fourth-order valence-corrected chi connectivity index (χ4v) is 4.25. The highest BCUT2D eigenvalue weighted by Crippen LogP contribution is 2.24. The Balaban J connectivity index is 1.74. The summed E-state index contributed by atoms with van der Waals surface area (Å²) >= 11 is 1.39. The number of carbonyl (C=O) groups excluding carboxylic acids is 1. The van der Waals surface area contributed by atoms with Crippen LogP contribution in [0.3, 0.4) is 0 Å². The highest BCUT2D eigenvalue weighted by atomic mass is 32.1. The smallest absolute Gasteiger partial charge is 0.305 e. The molecule has 1 fully saturated rings. The first kappa shape index (κ1) is 19.5. The van der Waals surface area contributed by atoms with Gasteiger partial charge in [-0.15, -0.1) is 11.3 Å². The molecule has 0 aliphatic carbocycles. The summed E-state index contributed by atoms with van der Waals surface area (Å²) < 4.78 is 5.64. The van der Waals surface area contributed by atoms with E-state index in [2.05, 4.69) is 4.98 Å². The second-order valence-corrected chi connectivity index (χ2v) is 7.80. The number of carbonyl (C=O) groups is 2. The number of thiazole rings is 1. The van der Waals surface area contributed by atoms with Crippen LogP contribution in [0.15, 0.2) is 30.3 Å². The predicted octanol–water partition coefficient (Wildman–Crippen LogP) is 3.14. The van der Waals surface area contributed by atoms with Crippen molar-refractivity contribution in [3.63, 3.8) is 0 Å². The van der Waals surface area contributed by atoms with Crippen molar-refractivity contribution < 1.29 is 19.4 Å². The quantitative estimate of drug-likeness (QED) is 0.751. The van der Waals surface area contributed by atoms with Crippen molar-refractivity contribution in [3.8, 4) is 0 Å². The lowest BCUT2D eigenvalue weighted by Crippen LogP contribution is -2.38. The SMILES string of the molecule is Cc1nc(Cc2ccccc2)sc1C(=O)N(CCC(=O)O)C[C@@H]1CCCO1. The van der Waals surface area contributed by atoms with Crippen LogP contribution in [0.2, 0.25) is 0 Å². The van der Waals surface area contributed by atoms with Gasteiger partial charge in [-0.25, -0.2) is 4.98 Å². The molecule has 0 spiro atoms. The Morgan fingerprint density at radius 1 is 1.33 bits per heavy atom. The van der Waals surface area contributed by atoms with Crippen LogP contribution in [0.25, 0.3) is 0 Å². The van der Waals surface area contributed by atoms with E-state index >= 15 is 0 Å². The van der Waals surface area contributed by atoms with Crippen LogP contribution in [0, 0.1) is 6.92 Å². The highest BCUT2D eigenvalue weighted by Gasteiger charge is 2.26. The van der Waals surface area contributed by atoms with Gasteiger partial charge in [-0.2, -0.15) is 0 Å². The fraction of sp³-hybridized carbons (Fsp3) is 0.450. The van der Waals surface area contributed by atoms with Gasteiger partial charge in [0, 0.05) is 26.1 Å². The highest BCUT2D eigenvalue weighted by molar-refractivity contribution is 7.13. The molecule has 1 N–H and O–H groups in total. The van der Waals surface area contributed by atoms with Crippen LogP contribution in [-0.2, 0) is 16.0 Å². The van der Waals surface area contributed by atoms with E-state index < -0.39 is 5.97 Å². The lowest BCUT2D eigenvalue weighted by atomic mass is 10.2. The topological polar surface area (TPSA) is 79.7 Å². The molecule has 0 radical (unpaired) electrons. The first-order chi connectivity index (χ1) is 13.0. The molecular formula is C20H24N2O4S. The number of benzene rings is 1. The molecule has 1 aliphatic heterocycles. The van der Waals surface area contributed by atoms with Gasteiger partial charge in [-0.1, -0.05) is 30.3 Å². The molecule has 7 heteroatoms. The molecule has 1 atom stereocenters. The Morgan fingerprint density at radius 3 is 2.78 bits per heavy atom. The summed E-state index contributed by atoms with van der Waals surface area (Å²) in [5, 5.41) is 9.91. The number of ether oxygens (including phenoxy) is 1. The molecule has 0 unspecified atom stereocenters. The van der Waals surface area contributed by atoms with E-state index in [9.17, 15) is 9.59 Å². The van der Waals surface area contributed by atoms with Gasteiger partial charge in [0.05, 0.1) is 23.2 Å². The number of carboxylic acids is 1. The second kappa shape index (κ2) is 9.10. The number of carboxylic acid groups (broad SMARTS) is 1. The first-order valence-corrected chi connectivity index (χ1v) is 9.97. The molecule has 1 saturated heterocycles. The van der Waals surface area contributed by atoms with Crippen LogP contribution in [0.4, 0.5) is 0 Å². The molecule has 6 nitrogen and oxygen atoms in total. The van der Waals surface area contributed by atoms with E-state index in [1.54, 1.807) is 4.90 Å². The van der Waals surface area contributed by atoms with Crippen molar-refractivity contribution >= 4 is 23.2 Å². The third-order valence-electron chi connectivity index (χ3n) is 4.56. The van der Waals surface area contributed by atoms with Crippen LogP contribution in [0.1, 0.15) is 45.2 Å². The Morgan fingerprint density at radius 2 is 2.11 bits per heavy atom. The van der Waals surface area contributed by atoms with E-state index in [1.807, 2.05) is 37.3 Å². The average Bonchev–Trinajstić information content (AvgIpc) is 3.28. The van der Waals surface area contributed by atoms with Gasteiger partial charge in [0.1, 0.15) is 4.88 Å². The lowest BCUT2D eigenvalue weighted by Gasteiger charge is -2.24. The van der Waals surface area contributed by atoms with Gasteiger partial charge in [0.2, 0.25) is 0 Å². The van der Waals surface area contributed by atoms with E-state index in [4.69, 9.17) is 9.84 Å². The molecule has 1 aliphatic rings. The molecule has 1 amide bonds. The lowest BCUT2D eigenvalue weighted by molar-refractivity contribution is -0.137. The fourth-order valence-electron chi connectivity index (χ4n) is 3.18. The summed E-state index contributed by atoms with van der Waals surface area (Å²) in [6.45, 7) is 3.14. The molecule has 27 heavy (non-hydrogen) atoms. The van der Waals surface area contributed by atoms with Gasteiger partial charge in [0.25, 0.3) is 5.91 Å². The van der Waals surface area contributed by atoms with Crippen LogP contribution in [-0.4, -0.2) is 52.7 Å². The van der Waals surface area contributed by atoms with Crippen molar-refractivity contribution in [1.29, 1.82) is 0 Å². The minimum absolute atomic E-state index is 0.0141. The second-order valence-electron chi connectivity index (χ2n) is 6.71. The van der Waals surface area contributed by atoms with Gasteiger partial charge in [-0.3, -0.25) is 9.59 Å². The Kier molecular flexibility index (Phi) is 6.58. The molecule has 0 saturated carbocycles. The van der Waals surface area contributed by atoms with E-state index in [-0.39, 0.29) is 25.0 Å². The standard InChI is InChI=1S/C20H24N2O4S/c1-14-19(27-17(21-14)12-15-6-3-2-4-7-15)20(25)22(10-9-18(23)24)13-16-8-5-11-26-16/h2-4,6-7,16H,5,8-13H2,1H3,(H,23,24)/t16-/m0/s1. The molecule has 2 aromatic rings. The zero-order valence-electron chi connectivity index (χ0n) is 15.4. The van der Waals surface area contributed by atoms with Gasteiger partial charge < -0.3 is 14.7 Å². The maximum Gasteiger partial charge on any atom is 0.305 e. The molecule has 144 valence electrons. The maximum absolute atomic E-state index is 13.1. The Labute approximate surface area is 162 Å². The Bertz CT molecular complexity index is 785. The first-order valence-electron chi connectivity index (χ1n) is 9.16. The number of aromatic nitrogens is 1. The number of nitrogens with zero attached hydrogens (tertiary/aromatic N) is 2. The van der Waals surface area contributed by atoms with Crippen molar-refractivity contribution in [2.45, 2.75) is 38.7 Å². The molecule has 2 heterocycles. The third-order valence-corrected chi connectivity index (χ3v) is 5.71. The largest absolute Gasteiger partial charge is 0.481 e. The predicted molar refractivity (Wildman–Crippen MR) is 103 cm³/mol. The van der Waals surface area contributed by atoms with Gasteiger partial charge in [0.15, 0.2) is 0 Å². The third kappa shape index (κ3) is 5.37. The zero-order chi connectivity index (χ0) is 19.2. The minimum atomic E-state index is -0.911. The average molecular weight is 388 g/mol. The number of hydrogen-bond donors (Lipinski definition) is 1. The zero-order valence-corrected chi connectivity index (χ0v) is 16.2. The molecule has 3 rings (SSSR count). The Hall–Kier alpha value is -2.25. The van der Waals surface area contributed by atoms with Crippen LogP contribution >= 0.6 is 11.3 Å². The number of amides is 1. The number of hydrogen-bond acceptors (Lipinski definition) is 5. The number of rotatable bonds is 8. The van der Waals surface area contributed by atoms with E-state index in [1.165, 1.54) is 11.3 Å². The summed E-state index contributed by atoms with van der Waals surface area (Å²) in [6.07, 6.45) is 2.47. The van der Waals surface area contributed by atoms with Crippen molar-refractivity contribution in [1.82, 2.24) is 9.88 Å². The number of aryl methyl sites for hydroxylation is 1. The summed E-state index contributed by atoms with van der Waals surface area (Å²) in [5.41, 5.74) is 1.84. The van der Waals surface area contributed by atoms with Crippen molar-refractivity contribution in [2.24, 2.45) is 0 Å². The summed E-state index contributed by atoms with van der Waals surface area (Å²) in [4.78, 5) is 30.8. The summed E-state index contributed by atoms with van der Waals surface area (Å²) in [6, 6.07) is 10.0. The molecular weight excluding hydrogens is 364 g/mol. The van der Waals surface area contributed by atoms with Crippen LogP contribution < -0.4 is 0 Å². The van der Waals surface area contributed by atoms with Gasteiger partial charge >= 0.3 is 5.97 Å². The molecule has 1 aromatic heterocycles. The van der Waals surface area contributed by atoms with E-state index in [0.29, 0.717) is 30.1 Å². The van der Waals surface area contributed by atoms with Crippen LogP contribution in [0.5, 0.6) is 0 Å². The molecule has 0 bridgehead atoms. The summed E-state index contributed by atoms with van der Waals surface area (Å²) in [5.74, 6) is -1.06. The monoisotopic (exact) mass is 388 g/mol. The van der Waals surface area contributed by atoms with Crippen molar-refractivity contribution in [3.05, 3.63) is 51.5 Å². The van der Waals surface area contributed by atoms with E-state index in [0.717, 1.165) is 23.4 Å². The van der Waals surface area contributed by atoms with Gasteiger partial charge in [-0.05, 0) is 25.3 Å². The van der Waals surface area contributed by atoms with Crippen molar-refractivity contribution in [2.75, 3.05) is 19.7 Å². The molecule has 1 aromatic carbocycles. The summed E-state index contributed by atoms with van der Waals surface area (Å²) in [7, 11) is 0. The minimum Gasteiger partial charge on any atom is -0.481 e. The normalized spacial score (nSPS) is 16.4. The maximum atomic E-state index is 13.1. The number of aliphatic carboxylic acids is 1.